The van der Waals surface area contributed by atoms with Crippen LogP contribution in [-0.2, 0) is 0 Å². The van der Waals surface area contributed by atoms with Crippen molar-refractivity contribution in [1.29, 1.82) is 0 Å². The van der Waals surface area contributed by atoms with Gasteiger partial charge in [0, 0.05) is 25.2 Å². The van der Waals surface area contributed by atoms with E-state index in [0.717, 1.165) is 50.9 Å². The number of nitrogens with zero attached hydrogens (tertiary/aromatic N) is 4. The van der Waals surface area contributed by atoms with E-state index >= 15 is 0 Å². The average Bonchev–Trinajstić information content (AvgIpc) is 3.32. The number of hydrogen-bond acceptors (Lipinski definition) is 4. The number of carbonyl (C=O) groups excluding carboxylic acids is 1. The van der Waals surface area contributed by atoms with Crippen molar-refractivity contribution >= 4 is 6.03 Å². The van der Waals surface area contributed by atoms with Crippen molar-refractivity contribution in [3.63, 3.8) is 0 Å². The second kappa shape index (κ2) is 6.63. The van der Waals surface area contributed by atoms with E-state index < -0.39 is 0 Å². The predicted molar refractivity (Wildman–Crippen MR) is 89.2 cm³/mol. The normalized spacial score (nSPS) is 21.2. The molecule has 0 spiro atoms. The summed E-state index contributed by atoms with van der Waals surface area (Å²) in [4.78, 5) is 21.3. The lowest BCUT2D eigenvalue weighted by Gasteiger charge is -2.32. The molecule has 2 fully saturated rings. The number of carbonyl (C=O) groups is 1. The summed E-state index contributed by atoms with van der Waals surface area (Å²) in [6.45, 7) is 2.49. The van der Waals surface area contributed by atoms with Crippen molar-refractivity contribution < 1.29 is 9.32 Å². The van der Waals surface area contributed by atoms with Crippen LogP contribution < -0.4 is 0 Å². The van der Waals surface area contributed by atoms with Gasteiger partial charge in [0.2, 0.25) is 11.7 Å². The Bertz CT molecular complexity index is 694. The molecule has 0 unspecified atom stereocenters. The minimum atomic E-state index is -0.0932. The smallest absolute Gasteiger partial charge is 0.320 e. The Labute approximate surface area is 141 Å². The van der Waals surface area contributed by atoms with E-state index in [1.54, 1.807) is 0 Å². The lowest BCUT2D eigenvalue weighted by atomic mass is 10.1. The maximum Gasteiger partial charge on any atom is 0.320 e. The number of rotatable bonds is 2. The Morgan fingerprint density at radius 1 is 1.04 bits per heavy atom. The molecular formula is C18H22N4O2. The zero-order valence-electron chi connectivity index (χ0n) is 13.7. The molecular weight excluding hydrogens is 304 g/mol. The Morgan fingerprint density at radius 3 is 2.62 bits per heavy atom. The SMILES string of the molecule is O=C(N1CCCCC1)N1CCC[C@@H]1c1nc(-c2ccccc2)no1. The van der Waals surface area contributed by atoms with Gasteiger partial charge in [0.15, 0.2) is 0 Å². The second-order valence-electron chi connectivity index (χ2n) is 6.50. The van der Waals surface area contributed by atoms with Crippen molar-refractivity contribution in [2.24, 2.45) is 0 Å². The van der Waals surface area contributed by atoms with Crippen molar-refractivity contribution in [2.75, 3.05) is 19.6 Å². The fraction of sp³-hybridized carbons (Fsp3) is 0.500. The van der Waals surface area contributed by atoms with Crippen LogP contribution in [0, 0.1) is 0 Å². The average molecular weight is 326 g/mol. The summed E-state index contributed by atoms with van der Waals surface area (Å²) in [6, 6.07) is 9.81. The number of benzene rings is 1. The Kier molecular flexibility index (Phi) is 4.19. The van der Waals surface area contributed by atoms with Gasteiger partial charge in [0.25, 0.3) is 0 Å². The fourth-order valence-corrected chi connectivity index (χ4v) is 3.59. The molecule has 0 radical (unpaired) electrons. The van der Waals surface area contributed by atoms with Crippen LogP contribution in [0.4, 0.5) is 4.79 Å². The Morgan fingerprint density at radius 2 is 1.83 bits per heavy atom. The standard InChI is InChI=1S/C18H22N4O2/c23-18(21-11-5-2-6-12-21)22-13-7-10-15(22)17-19-16(20-24-17)14-8-3-1-4-9-14/h1,3-4,8-9,15H,2,5-7,10-13H2/t15-/m1/s1. The maximum atomic E-state index is 12.8. The number of likely N-dealkylation sites (tertiary alicyclic amines) is 2. The molecule has 1 aromatic carbocycles. The molecule has 6 heteroatoms. The van der Waals surface area contributed by atoms with Gasteiger partial charge in [-0.2, -0.15) is 4.98 Å². The van der Waals surface area contributed by atoms with Gasteiger partial charge in [-0.25, -0.2) is 4.79 Å². The molecule has 6 nitrogen and oxygen atoms in total. The second-order valence-corrected chi connectivity index (χ2v) is 6.50. The van der Waals surface area contributed by atoms with E-state index in [0.29, 0.717) is 11.7 Å². The first-order valence-electron chi connectivity index (χ1n) is 8.77. The minimum Gasteiger partial charge on any atom is -0.337 e. The van der Waals surface area contributed by atoms with E-state index in [1.165, 1.54) is 6.42 Å². The first kappa shape index (κ1) is 15.2. The highest BCUT2D eigenvalue weighted by Gasteiger charge is 2.36. The van der Waals surface area contributed by atoms with Crippen molar-refractivity contribution in [3.8, 4) is 11.4 Å². The highest BCUT2D eigenvalue weighted by molar-refractivity contribution is 5.75. The summed E-state index contributed by atoms with van der Waals surface area (Å²) in [5.74, 6) is 1.14. The topological polar surface area (TPSA) is 62.5 Å². The first-order valence-corrected chi connectivity index (χ1v) is 8.77. The monoisotopic (exact) mass is 326 g/mol. The highest BCUT2D eigenvalue weighted by atomic mass is 16.5. The summed E-state index contributed by atoms with van der Waals surface area (Å²) >= 11 is 0. The molecule has 0 N–H and O–H groups in total. The van der Waals surface area contributed by atoms with E-state index in [1.807, 2.05) is 40.1 Å². The lowest BCUT2D eigenvalue weighted by Crippen LogP contribution is -2.45. The molecule has 0 bridgehead atoms. The van der Waals surface area contributed by atoms with Crippen LogP contribution in [0.25, 0.3) is 11.4 Å². The predicted octanol–water partition coefficient (Wildman–Crippen LogP) is 3.48. The van der Waals surface area contributed by atoms with Crippen LogP contribution in [0.2, 0.25) is 0 Å². The number of urea groups is 1. The van der Waals surface area contributed by atoms with E-state index in [2.05, 4.69) is 10.1 Å². The largest absolute Gasteiger partial charge is 0.337 e. The quantitative estimate of drug-likeness (QED) is 0.847. The minimum absolute atomic E-state index is 0.0932. The molecule has 1 aromatic heterocycles. The molecule has 2 aromatic rings. The van der Waals surface area contributed by atoms with Gasteiger partial charge in [-0.05, 0) is 32.1 Å². The third-order valence-electron chi connectivity index (χ3n) is 4.88. The molecule has 3 heterocycles. The van der Waals surface area contributed by atoms with Crippen LogP contribution in [0.5, 0.6) is 0 Å². The molecule has 24 heavy (non-hydrogen) atoms. The summed E-state index contributed by atoms with van der Waals surface area (Å²) in [7, 11) is 0. The van der Waals surface area contributed by atoms with Gasteiger partial charge in [0.1, 0.15) is 6.04 Å². The summed E-state index contributed by atoms with van der Waals surface area (Å²) < 4.78 is 5.50. The van der Waals surface area contributed by atoms with E-state index in [9.17, 15) is 4.79 Å². The van der Waals surface area contributed by atoms with Gasteiger partial charge in [-0.3, -0.25) is 0 Å². The van der Waals surface area contributed by atoms with Gasteiger partial charge in [-0.1, -0.05) is 35.5 Å². The Balaban J connectivity index is 1.52. The summed E-state index contributed by atoms with van der Waals surface area (Å²) in [6.07, 6.45) is 5.28. The van der Waals surface area contributed by atoms with Crippen LogP contribution in [0.1, 0.15) is 44.0 Å². The molecule has 2 saturated heterocycles. The number of hydrogen-bond donors (Lipinski definition) is 0. The number of aromatic nitrogens is 2. The molecule has 126 valence electrons. The van der Waals surface area contributed by atoms with Crippen molar-refractivity contribution in [3.05, 3.63) is 36.2 Å². The maximum absolute atomic E-state index is 12.8. The molecule has 0 saturated carbocycles. The summed E-state index contributed by atoms with van der Waals surface area (Å²) in [5.41, 5.74) is 0.930. The molecule has 1 atom stereocenters. The van der Waals surface area contributed by atoms with Gasteiger partial charge < -0.3 is 14.3 Å². The van der Waals surface area contributed by atoms with Gasteiger partial charge in [-0.15, -0.1) is 0 Å². The molecule has 2 aliphatic heterocycles. The molecule has 2 aliphatic rings. The zero-order chi connectivity index (χ0) is 16.4. The fourth-order valence-electron chi connectivity index (χ4n) is 3.59. The first-order chi connectivity index (χ1) is 11.8. The van der Waals surface area contributed by atoms with Crippen LogP contribution in [-0.4, -0.2) is 45.6 Å². The third kappa shape index (κ3) is 2.88. The van der Waals surface area contributed by atoms with Crippen molar-refractivity contribution in [1.82, 2.24) is 19.9 Å². The van der Waals surface area contributed by atoms with Crippen LogP contribution in [0.15, 0.2) is 34.9 Å². The van der Waals surface area contributed by atoms with Crippen molar-refractivity contribution in [2.45, 2.75) is 38.1 Å². The van der Waals surface area contributed by atoms with Gasteiger partial charge in [0.05, 0.1) is 0 Å². The number of piperidine rings is 1. The third-order valence-corrected chi connectivity index (χ3v) is 4.88. The summed E-state index contributed by atoms with van der Waals surface area (Å²) in [5, 5.41) is 4.10. The van der Waals surface area contributed by atoms with Crippen LogP contribution >= 0.6 is 0 Å². The molecule has 4 rings (SSSR count). The van der Waals surface area contributed by atoms with Gasteiger partial charge >= 0.3 is 6.03 Å². The molecule has 0 aliphatic carbocycles. The number of amides is 2. The van der Waals surface area contributed by atoms with E-state index in [-0.39, 0.29) is 12.1 Å². The lowest BCUT2D eigenvalue weighted by molar-refractivity contribution is 0.131. The highest BCUT2D eigenvalue weighted by Crippen LogP contribution is 2.33. The molecule has 2 amide bonds. The zero-order valence-corrected chi connectivity index (χ0v) is 13.7. The van der Waals surface area contributed by atoms with E-state index in [4.69, 9.17) is 4.52 Å². The van der Waals surface area contributed by atoms with Crippen LogP contribution in [0.3, 0.4) is 0 Å². The Hall–Kier alpha value is -2.37.